The predicted octanol–water partition coefficient (Wildman–Crippen LogP) is 3.78. The summed E-state index contributed by atoms with van der Waals surface area (Å²) in [7, 11) is 0. The highest BCUT2D eigenvalue weighted by Gasteiger charge is 2.15. The number of benzene rings is 1. The van der Waals surface area contributed by atoms with E-state index in [-0.39, 0.29) is 5.91 Å². The molecule has 0 saturated heterocycles. The molecule has 0 aromatic heterocycles. The minimum Gasteiger partial charge on any atom is -0.486 e. The molecule has 0 spiro atoms. The summed E-state index contributed by atoms with van der Waals surface area (Å²) < 4.78 is 11.1. The molecule has 1 aliphatic carbocycles. The van der Waals surface area contributed by atoms with E-state index in [4.69, 9.17) is 9.47 Å². The van der Waals surface area contributed by atoms with Gasteiger partial charge in [-0.15, -0.1) is 11.8 Å². The second-order valence-corrected chi connectivity index (χ2v) is 7.25. The van der Waals surface area contributed by atoms with Crippen LogP contribution in [0.3, 0.4) is 0 Å². The molecule has 1 aliphatic heterocycles. The first-order valence-electron chi connectivity index (χ1n) is 8.63. The van der Waals surface area contributed by atoms with Crippen LogP contribution >= 0.6 is 11.8 Å². The topological polar surface area (TPSA) is 47.6 Å². The fourth-order valence-corrected chi connectivity index (χ4v) is 3.87. The molecule has 4 nitrogen and oxygen atoms in total. The maximum absolute atomic E-state index is 12.2. The van der Waals surface area contributed by atoms with Gasteiger partial charge in [0.05, 0.1) is 5.75 Å². The van der Waals surface area contributed by atoms with Crippen molar-refractivity contribution in [2.75, 3.05) is 19.0 Å². The second-order valence-electron chi connectivity index (χ2n) is 6.20. The Kier molecular flexibility index (Phi) is 6.08. The minimum atomic E-state index is 0.135. The predicted molar refractivity (Wildman–Crippen MR) is 92.4 cm³/mol. The molecular weight excluding hydrogens is 310 g/mol. The van der Waals surface area contributed by atoms with E-state index in [0.29, 0.717) is 25.0 Å². The van der Waals surface area contributed by atoms with E-state index >= 15 is 0 Å². The summed E-state index contributed by atoms with van der Waals surface area (Å²) in [4.78, 5) is 13.2. The molecule has 1 saturated carbocycles. The van der Waals surface area contributed by atoms with Crippen LogP contribution < -0.4 is 14.8 Å². The molecule has 0 bridgehead atoms. The van der Waals surface area contributed by atoms with E-state index < -0.39 is 0 Å². The highest BCUT2D eigenvalue weighted by atomic mass is 32.2. The average Bonchev–Trinajstić information content (AvgIpc) is 2.55. The lowest BCUT2D eigenvalue weighted by Crippen LogP contribution is -2.36. The SMILES string of the molecule is O=C(CSc1ccc2c(c1)OCCO2)NC1CCCCCCC1. The quantitative estimate of drug-likeness (QED) is 0.851. The van der Waals surface area contributed by atoms with Gasteiger partial charge in [-0.3, -0.25) is 4.79 Å². The van der Waals surface area contributed by atoms with Crippen molar-refractivity contribution in [1.29, 1.82) is 0 Å². The van der Waals surface area contributed by atoms with Crippen molar-refractivity contribution in [3.63, 3.8) is 0 Å². The fraction of sp³-hybridized carbons (Fsp3) is 0.611. The van der Waals surface area contributed by atoms with Gasteiger partial charge in [-0.2, -0.15) is 0 Å². The van der Waals surface area contributed by atoms with Crippen LogP contribution in [0, 0.1) is 0 Å². The van der Waals surface area contributed by atoms with Crippen molar-refractivity contribution in [3.8, 4) is 11.5 Å². The number of nitrogens with one attached hydrogen (secondary N) is 1. The third-order valence-electron chi connectivity index (χ3n) is 4.35. The molecule has 1 aromatic carbocycles. The number of fused-ring (bicyclic) bond motifs is 1. The summed E-state index contributed by atoms with van der Waals surface area (Å²) in [5, 5.41) is 3.20. The monoisotopic (exact) mass is 335 g/mol. The number of hydrogen-bond acceptors (Lipinski definition) is 4. The van der Waals surface area contributed by atoms with Crippen molar-refractivity contribution in [3.05, 3.63) is 18.2 Å². The van der Waals surface area contributed by atoms with Gasteiger partial charge in [-0.25, -0.2) is 0 Å². The van der Waals surface area contributed by atoms with Crippen molar-refractivity contribution < 1.29 is 14.3 Å². The molecule has 126 valence electrons. The Labute approximate surface area is 142 Å². The van der Waals surface area contributed by atoms with Gasteiger partial charge in [-0.05, 0) is 31.0 Å². The molecular formula is C18H25NO3S. The number of ether oxygens (including phenoxy) is 2. The van der Waals surface area contributed by atoms with Crippen LogP contribution in [-0.2, 0) is 4.79 Å². The van der Waals surface area contributed by atoms with Gasteiger partial charge in [0.2, 0.25) is 5.91 Å². The van der Waals surface area contributed by atoms with E-state index in [1.165, 1.54) is 32.1 Å². The molecule has 1 amide bonds. The molecule has 1 heterocycles. The zero-order chi connectivity index (χ0) is 15.9. The average molecular weight is 335 g/mol. The third kappa shape index (κ3) is 5.06. The van der Waals surface area contributed by atoms with Gasteiger partial charge < -0.3 is 14.8 Å². The van der Waals surface area contributed by atoms with Crippen LogP contribution in [0.4, 0.5) is 0 Å². The Morgan fingerprint density at radius 3 is 2.52 bits per heavy atom. The highest BCUT2D eigenvalue weighted by molar-refractivity contribution is 8.00. The first-order valence-corrected chi connectivity index (χ1v) is 9.61. The van der Waals surface area contributed by atoms with Gasteiger partial charge in [-0.1, -0.05) is 32.1 Å². The van der Waals surface area contributed by atoms with Crippen molar-refractivity contribution in [1.82, 2.24) is 5.32 Å². The zero-order valence-electron chi connectivity index (χ0n) is 13.5. The molecule has 0 radical (unpaired) electrons. The fourth-order valence-electron chi connectivity index (χ4n) is 3.13. The Morgan fingerprint density at radius 1 is 1.04 bits per heavy atom. The van der Waals surface area contributed by atoms with E-state index in [2.05, 4.69) is 5.32 Å². The molecule has 1 aromatic rings. The Morgan fingerprint density at radius 2 is 1.74 bits per heavy atom. The largest absolute Gasteiger partial charge is 0.486 e. The summed E-state index contributed by atoms with van der Waals surface area (Å²) in [5.74, 6) is 2.16. The van der Waals surface area contributed by atoms with Crippen molar-refractivity contribution in [2.45, 2.75) is 55.9 Å². The lowest BCUT2D eigenvalue weighted by atomic mass is 9.97. The lowest BCUT2D eigenvalue weighted by Gasteiger charge is -2.21. The van der Waals surface area contributed by atoms with Crippen LogP contribution in [0.1, 0.15) is 44.9 Å². The van der Waals surface area contributed by atoms with Crippen LogP contribution in [0.25, 0.3) is 0 Å². The Balaban J connectivity index is 1.46. The molecule has 2 aliphatic rings. The summed E-state index contributed by atoms with van der Waals surface area (Å²) in [6.45, 7) is 1.19. The number of rotatable bonds is 4. The number of carbonyl (C=O) groups excluding carboxylic acids is 1. The summed E-state index contributed by atoms with van der Waals surface area (Å²) >= 11 is 1.55. The number of amides is 1. The summed E-state index contributed by atoms with van der Waals surface area (Å²) in [5.41, 5.74) is 0. The normalized spacial score (nSPS) is 18.8. The van der Waals surface area contributed by atoms with E-state index in [0.717, 1.165) is 29.2 Å². The third-order valence-corrected chi connectivity index (χ3v) is 5.35. The van der Waals surface area contributed by atoms with Crippen LogP contribution in [0.15, 0.2) is 23.1 Å². The molecule has 5 heteroatoms. The first kappa shape index (κ1) is 16.5. The minimum absolute atomic E-state index is 0.135. The first-order chi connectivity index (χ1) is 11.3. The maximum Gasteiger partial charge on any atom is 0.230 e. The van der Waals surface area contributed by atoms with Crippen molar-refractivity contribution in [2.24, 2.45) is 0 Å². The van der Waals surface area contributed by atoms with E-state index in [1.54, 1.807) is 11.8 Å². The standard InChI is InChI=1S/C18H25NO3S/c20-18(19-14-6-4-2-1-3-5-7-14)13-23-15-8-9-16-17(12-15)22-11-10-21-16/h8-9,12,14H,1-7,10-11,13H2,(H,19,20). The summed E-state index contributed by atoms with van der Waals surface area (Å²) in [6.07, 6.45) is 8.68. The second kappa shape index (κ2) is 8.48. The Bertz CT molecular complexity index is 527. The highest BCUT2D eigenvalue weighted by Crippen LogP contribution is 2.34. The van der Waals surface area contributed by atoms with Crippen molar-refractivity contribution >= 4 is 17.7 Å². The molecule has 0 atom stereocenters. The van der Waals surface area contributed by atoms with Gasteiger partial charge >= 0.3 is 0 Å². The van der Waals surface area contributed by atoms with Gasteiger partial charge in [0.15, 0.2) is 11.5 Å². The lowest BCUT2D eigenvalue weighted by molar-refractivity contribution is -0.119. The molecule has 1 N–H and O–H groups in total. The smallest absolute Gasteiger partial charge is 0.230 e. The number of carbonyl (C=O) groups is 1. The number of thioether (sulfide) groups is 1. The van der Waals surface area contributed by atoms with Crippen LogP contribution in [-0.4, -0.2) is 30.9 Å². The van der Waals surface area contributed by atoms with Gasteiger partial charge in [0, 0.05) is 10.9 Å². The molecule has 1 fully saturated rings. The van der Waals surface area contributed by atoms with Gasteiger partial charge in [0.1, 0.15) is 13.2 Å². The van der Waals surface area contributed by atoms with Crippen LogP contribution in [0.5, 0.6) is 11.5 Å². The zero-order valence-corrected chi connectivity index (χ0v) is 14.3. The number of hydrogen-bond donors (Lipinski definition) is 1. The molecule has 3 rings (SSSR count). The Hall–Kier alpha value is -1.36. The molecule has 23 heavy (non-hydrogen) atoms. The van der Waals surface area contributed by atoms with Crippen LogP contribution in [0.2, 0.25) is 0 Å². The maximum atomic E-state index is 12.2. The van der Waals surface area contributed by atoms with E-state index in [9.17, 15) is 4.79 Å². The summed E-state index contributed by atoms with van der Waals surface area (Å²) in [6, 6.07) is 6.23. The van der Waals surface area contributed by atoms with Gasteiger partial charge in [0.25, 0.3) is 0 Å². The van der Waals surface area contributed by atoms with E-state index in [1.807, 2.05) is 18.2 Å². The molecule has 0 unspecified atom stereocenters.